The number of benzene rings is 2. The summed E-state index contributed by atoms with van der Waals surface area (Å²) in [4.78, 5) is 10.0. The number of hydrogen-bond donors (Lipinski definition) is 1. The van der Waals surface area contributed by atoms with E-state index in [1.807, 2.05) is 36.5 Å². The summed E-state index contributed by atoms with van der Waals surface area (Å²) >= 11 is 0. The molecule has 2 aromatic carbocycles. The van der Waals surface area contributed by atoms with E-state index in [0.717, 1.165) is 17.0 Å². The lowest BCUT2D eigenvalue weighted by Crippen LogP contribution is -2.25. The minimum Gasteiger partial charge on any atom is -0.347 e. The second-order valence-corrected chi connectivity index (χ2v) is 7.34. The molecule has 7 nitrogen and oxygen atoms in total. The minimum atomic E-state index is -3.76. The molecule has 8 heteroatoms. The van der Waals surface area contributed by atoms with Gasteiger partial charge in [0.1, 0.15) is 0 Å². The molecule has 0 saturated heterocycles. The van der Waals surface area contributed by atoms with Gasteiger partial charge in [-0.1, -0.05) is 24.3 Å². The molecule has 0 fully saturated rings. The predicted octanol–water partition coefficient (Wildman–Crippen LogP) is 2.92. The highest BCUT2D eigenvalue weighted by Gasteiger charge is 2.16. The first-order valence-corrected chi connectivity index (χ1v) is 9.24. The Labute approximate surface area is 145 Å². The fraction of sp³-hybridized carbons (Fsp3) is 0.176. The topological polar surface area (TPSA) is 94.2 Å². The van der Waals surface area contributed by atoms with Crippen LogP contribution in [0.2, 0.25) is 0 Å². The zero-order valence-electron chi connectivity index (χ0n) is 13.3. The Morgan fingerprint density at radius 1 is 1.08 bits per heavy atom. The molecule has 0 aliphatic carbocycles. The van der Waals surface area contributed by atoms with Crippen molar-refractivity contribution in [1.29, 1.82) is 0 Å². The molecule has 0 amide bonds. The average Bonchev–Trinajstić information content (AvgIpc) is 3.02. The quantitative estimate of drug-likeness (QED) is 0.399. The zero-order chi connectivity index (χ0) is 17.9. The summed E-state index contributed by atoms with van der Waals surface area (Å²) in [7, 11) is -3.76. The van der Waals surface area contributed by atoms with E-state index in [4.69, 9.17) is 0 Å². The summed E-state index contributed by atoms with van der Waals surface area (Å²) < 4.78 is 29.0. The number of nitrogens with one attached hydrogen (secondary N) is 1. The Morgan fingerprint density at radius 2 is 1.88 bits per heavy atom. The molecule has 0 spiro atoms. The molecule has 3 rings (SSSR count). The van der Waals surface area contributed by atoms with Crippen molar-refractivity contribution in [3.63, 3.8) is 0 Å². The van der Waals surface area contributed by atoms with Crippen molar-refractivity contribution in [2.24, 2.45) is 0 Å². The smallest absolute Gasteiger partial charge is 0.270 e. The van der Waals surface area contributed by atoms with Crippen LogP contribution in [0.25, 0.3) is 10.9 Å². The van der Waals surface area contributed by atoms with Gasteiger partial charge < -0.3 is 4.57 Å². The maximum Gasteiger partial charge on any atom is 0.270 e. The number of aryl methyl sites for hydroxylation is 1. The van der Waals surface area contributed by atoms with Crippen LogP contribution < -0.4 is 4.72 Å². The molecule has 1 heterocycles. The van der Waals surface area contributed by atoms with Gasteiger partial charge in [0.2, 0.25) is 10.0 Å². The maximum atomic E-state index is 12.2. The van der Waals surface area contributed by atoms with Crippen LogP contribution in [-0.2, 0) is 16.6 Å². The molecule has 0 aliphatic rings. The molecule has 0 bridgehead atoms. The number of non-ortho nitro benzene ring substituents is 1. The largest absolute Gasteiger partial charge is 0.347 e. The van der Waals surface area contributed by atoms with Gasteiger partial charge in [0.15, 0.2) is 0 Å². The van der Waals surface area contributed by atoms with Crippen LogP contribution in [0.3, 0.4) is 0 Å². The van der Waals surface area contributed by atoms with Crippen molar-refractivity contribution in [2.45, 2.75) is 17.9 Å². The van der Waals surface area contributed by atoms with E-state index in [-0.39, 0.29) is 17.1 Å². The third-order valence-electron chi connectivity index (χ3n) is 3.89. The monoisotopic (exact) mass is 359 g/mol. The van der Waals surface area contributed by atoms with Gasteiger partial charge in [0.05, 0.1) is 9.82 Å². The first-order valence-electron chi connectivity index (χ1n) is 7.75. The van der Waals surface area contributed by atoms with Crippen LogP contribution in [0.5, 0.6) is 0 Å². The van der Waals surface area contributed by atoms with Crippen molar-refractivity contribution in [3.8, 4) is 0 Å². The zero-order valence-corrected chi connectivity index (χ0v) is 14.1. The van der Waals surface area contributed by atoms with Crippen molar-refractivity contribution in [2.75, 3.05) is 6.54 Å². The highest BCUT2D eigenvalue weighted by molar-refractivity contribution is 7.89. The lowest BCUT2D eigenvalue weighted by atomic mass is 10.2. The van der Waals surface area contributed by atoms with E-state index in [0.29, 0.717) is 13.0 Å². The molecule has 1 aromatic heterocycles. The summed E-state index contributed by atoms with van der Waals surface area (Å²) in [6.45, 7) is 0.919. The summed E-state index contributed by atoms with van der Waals surface area (Å²) in [5, 5.41) is 11.9. The van der Waals surface area contributed by atoms with Crippen LogP contribution in [0, 0.1) is 10.1 Å². The van der Waals surface area contributed by atoms with E-state index >= 15 is 0 Å². The Balaban J connectivity index is 1.61. The highest BCUT2D eigenvalue weighted by Crippen LogP contribution is 2.17. The number of sulfonamides is 1. The van der Waals surface area contributed by atoms with E-state index in [1.165, 1.54) is 18.2 Å². The van der Waals surface area contributed by atoms with Gasteiger partial charge in [-0.3, -0.25) is 10.1 Å². The van der Waals surface area contributed by atoms with Crippen LogP contribution in [0.4, 0.5) is 5.69 Å². The Morgan fingerprint density at radius 3 is 2.68 bits per heavy atom. The molecular formula is C17H17N3O4S. The van der Waals surface area contributed by atoms with Gasteiger partial charge >= 0.3 is 0 Å². The number of para-hydroxylation sites is 1. The third kappa shape index (κ3) is 3.86. The second-order valence-electron chi connectivity index (χ2n) is 5.57. The van der Waals surface area contributed by atoms with Gasteiger partial charge in [0.25, 0.3) is 5.69 Å². The van der Waals surface area contributed by atoms with Gasteiger partial charge in [0, 0.05) is 36.9 Å². The minimum absolute atomic E-state index is 0.104. The Kier molecular flexibility index (Phi) is 4.82. The molecule has 0 radical (unpaired) electrons. The molecule has 3 aromatic rings. The van der Waals surface area contributed by atoms with Crippen LogP contribution in [0.15, 0.2) is 65.7 Å². The first-order chi connectivity index (χ1) is 12.0. The van der Waals surface area contributed by atoms with E-state index in [2.05, 4.69) is 9.29 Å². The number of hydrogen-bond acceptors (Lipinski definition) is 4. The number of fused-ring (bicyclic) bond motifs is 1. The fourth-order valence-corrected chi connectivity index (χ4v) is 3.75. The first kappa shape index (κ1) is 17.1. The Hall–Kier alpha value is -2.71. The second kappa shape index (κ2) is 7.04. The van der Waals surface area contributed by atoms with Gasteiger partial charge in [-0.05, 0) is 30.0 Å². The van der Waals surface area contributed by atoms with Crippen molar-refractivity contribution < 1.29 is 13.3 Å². The van der Waals surface area contributed by atoms with Gasteiger partial charge in [-0.15, -0.1) is 0 Å². The number of aromatic nitrogens is 1. The highest BCUT2D eigenvalue weighted by atomic mass is 32.2. The van der Waals surface area contributed by atoms with E-state index < -0.39 is 14.9 Å². The van der Waals surface area contributed by atoms with Crippen molar-refractivity contribution in [1.82, 2.24) is 9.29 Å². The maximum absolute atomic E-state index is 12.2. The molecule has 1 N–H and O–H groups in total. The number of nitrogens with zero attached hydrogens (tertiary/aromatic N) is 2. The number of nitro groups is 1. The van der Waals surface area contributed by atoms with Gasteiger partial charge in [-0.25, -0.2) is 13.1 Å². The molecule has 25 heavy (non-hydrogen) atoms. The summed E-state index contributed by atoms with van der Waals surface area (Å²) in [5.41, 5.74) is 0.853. The Bertz CT molecular complexity index is 1010. The summed E-state index contributed by atoms with van der Waals surface area (Å²) in [5.74, 6) is 0. The normalized spacial score (nSPS) is 11.7. The fourth-order valence-electron chi connectivity index (χ4n) is 2.64. The summed E-state index contributed by atoms with van der Waals surface area (Å²) in [6.07, 6.45) is 2.58. The third-order valence-corrected chi connectivity index (χ3v) is 5.35. The lowest BCUT2D eigenvalue weighted by Gasteiger charge is -2.08. The molecule has 0 unspecified atom stereocenters. The summed E-state index contributed by atoms with van der Waals surface area (Å²) in [6, 6.07) is 15.0. The van der Waals surface area contributed by atoms with Crippen molar-refractivity contribution in [3.05, 3.63) is 70.9 Å². The number of rotatable bonds is 7. The lowest BCUT2D eigenvalue weighted by molar-refractivity contribution is -0.385. The molecule has 0 atom stereocenters. The SMILES string of the molecule is O=[N+]([O-])c1cccc(S(=O)(=O)NCCCn2ccc3ccccc32)c1. The van der Waals surface area contributed by atoms with Crippen molar-refractivity contribution >= 4 is 26.6 Å². The van der Waals surface area contributed by atoms with Crippen LogP contribution in [-0.4, -0.2) is 24.5 Å². The van der Waals surface area contributed by atoms with Gasteiger partial charge in [-0.2, -0.15) is 0 Å². The average molecular weight is 359 g/mol. The van der Waals surface area contributed by atoms with Crippen LogP contribution >= 0.6 is 0 Å². The molecule has 0 aliphatic heterocycles. The molecule has 0 saturated carbocycles. The standard InChI is InChI=1S/C17H17N3O4S/c21-20(22)15-6-3-7-16(13-15)25(23,24)18-10-4-11-19-12-9-14-5-1-2-8-17(14)19/h1-3,5-9,12-13,18H,4,10-11H2. The van der Waals surface area contributed by atoms with E-state index in [1.54, 1.807) is 0 Å². The number of nitro benzene ring substituents is 1. The molecular weight excluding hydrogens is 342 g/mol. The molecule has 130 valence electrons. The van der Waals surface area contributed by atoms with Crippen LogP contribution in [0.1, 0.15) is 6.42 Å². The van der Waals surface area contributed by atoms with E-state index in [9.17, 15) is 18.5 Å². The predicted molar refractivity (Wildman–Crippen MR) is 94.8 cm³/mol.